The number of halogens is 4. The first-order chi connectivity index (χ1) is 6.47. The van der Waals surface area contributed by atoms with Gasteiger partial charge in [0.05, 0.1) is 6.61 Å². The summed E-state index contributed by atoms with van der Waals surface area (Å²) in [5.74, 6) is 0.506. The van der Waals surface area contributed by atoms with Gasteiger partial charge in [-0.1, -0.05) is 0 Å². The Morgan fingerprint density at radius 3 is 2.43 bits per heavy atom. The van der Waals surface area contributed by atoms with Crippen molar-refractivity contribution in [1.82, 2.24) is 5.32 Å². The van der Waals surface area contributed by atoms with E-state index in [1.54, 1.807) is 0 Å². The van der Waals surface area contributed by atoms with E-state index in [1.807, 2.05) is 0 Å². The molecule has 0 spiro atoms. The molecule has 14 heavy (non-hydrogen) atoms. The molecule has 1 rings (SSSR count). The highest BCUT2D eigenvalue weighted by Crippen LogP contribution is 2.35. The second-order valence-electron chi connectivity index (χ2n) is 3.51. The van der Waals surface area contributed by atoms with E-state index < -0.39 is 12.8 Å². The van der Waals surface area contributed by atoms with E-state index in [1.165, 1.54) is 0 Å². The maximum absolute atomic E-state index is 11.6. The second-order valence-corrected chi connectivity index (χ2v) is 3.78. The van der Waals surface area contributed by atoms with E-state index in [2.05, 4.69) is 10.1 Å². The summed E-state index contributed by atoms with van der Waals surface area (Å²) in [4.78, 5) is 0. The molecule has 0 atom stereocenters. The Morgan fingerprint density at radius 2 is 2.00 bits per heavy atom. The van der Waals surface area contributed by atoms with Crippen LogP contribution in [-0.2, 0) is 4.74 Å². The van der Waals surface area contributed by atoms with Gasteiger partial charge in [-0.2, -0.15) is 13.2 Å². The third-order valence-electron chi connectivity index (χ3n) is 2.12. The van der Waals surface area contributed by atoms with Crippen LogP contribution in [-0.4, -0.2) is 37.4 Å². The average Bonchev–Trinajstić information content (AvgIpc) is 2.83. The zero-order valence-corrected chi connectivity index (χ0v) is 8.42. The summed E-state index contributed by atoms with van der Waals surface area (Å²) in [6.45, 7) is -0.691. The second kappa shape index (κ2) is 4.68. The van der Waals surface area contributed by atoms with E-state index in [9.17, 15) is 13.2 Å². The molecule has 1 aliphatic rings. The van der Waals surface area contributed by atoms with Crippen molar-refractivity contribution in [2.45, 2.75) is 24.6 Å². The number of ether oxygens (including phenoxy) is 1. The standard InChI is InChI=1S/C8H13ClF3NO/c9-5-7(1-2-7)13-3-4-14-6-8(10,11)12/h13H,1-6H2. The number of rotatable bonds is 6. The fourth-order valence-electron chi connectivity index (χ4n) is 1.08. The summed E-state index contributed by atoms with van der Waals surface area (Å²) < 4.78 is 39.3. The smallest absolute Gasteiger partial charge is 0.371 e. The fraction of sp³-hybridized carbons (Fsp3) is 1.00. The lowest BCUT2D eigenvalue weighted by Gasteiger charge is -2.14. The maximum atomic E-state index is 11.6. The van der Waals surface area contributed by atoms with Gasteiger partial charge >= 0.3 is 6.18 Å². The monoisotopic (exact) mass is 231 g/mol. The predicted molar refractivity (Wildman–Crippen MR) is 47.6 cm³/mol. The number of alkyl halides is 4. The first-order valence-electron chi connectivity index (χ1n) is 4.43. The van der Waals surface area contributed by atoms with Gasteiger partial charge in [0.2, 0.25) is 0 Å². The first kappa shape index (κ1) is 12.1. The minimum absolute atomic E-state index is 0.0247. The van der Waals surface area contributed by atoms with Gasteiger partial charge in [0.15, 0.2) is 0 Å². The molecule has 2 nitrogen and oxygen atoms in total. The average molecular weight is 232 g/mol. The van der Waals surface area contributed by atoms with Crippen molar-refractivity contribution in [3.8, 4) is 0 Å². The molecule has 0 saturated heterocycles. The number of nitrogens with one attached hydrogen (secondary N) is 1. The number of hydrogen-bond acceptors (Lipinski definition) is 2. The van der Waals surface area contributed by atoms with Crippen LogP contribution in [0, 0.1) is 0 Å². The molecule has 0 unspecified atom stereocenters. The van der Waals surface area contributed by atoms with Gasteiger partial charge in [-0.05, 0) is 12.8 Å². The fourth-order valence-corrected chi connectivity index (χ4v) is 1.45. The molecule has 0 aromatic carbocycles. The number of hydrogen-bond donors (Lipinski definition) is 1. The van der Waals surface area contributed by atoms with Crippen molar-refractivity contribution in [3.63, 3.8) is 0 Å². The predicted octanol–water partition coefficient (Wildman–Crippen LogP) is 1.93. The van der Waals surface area contributed by atoms with Gasteiger partial charge in [0.25, 0.3) is 0 Å². The van der Waals surface area contributed by atoms with Crippen molar-refractivity contribution in [2.24, 2.45) is 0 Å². The summed E-state index contributed by atoms with van der Waals surface area (Å²) in [6, 6.07) is 0. The SMILES string of the molecule is FC(F)(F)COCCNC1(CCl)CC1. The normalized spacial score (nSPS) is 19.7. The van der Waals surface area contributed by atoms with E-state index in [4.69, 9.17) is 11.6 Å². The lowest BCUT2D eigenvalue weighted by atomic mass is 10.3. The highest BCUT2D eigenvalue weighted by molar-refractivity contribution is 6.18. The maximum Gasteiger partial charge on any atom is 0.411 e. The lowest BCUT2D eigenvalue weighted by molar-refractivity contribution is -0.173. The van der Waals surface area contributed by atoms with Gasteiger partial charge in [-0.15, -0.1) is 11.6 Å². The van der Waals surface area contributed by atoms with Gasteiger partial charge in [-0.25, -0.2) is 0 Å². The zero-order chi connectivity index (χ0) is 10.7. The Morgan fingerprint density at radius 1 is 1.36 bits per heavy atom. The van der Waals surface area contributed by atoms with Crippen LogP contribution in [0.4, 0.5) is 13.2 Å². The summed E-state index contributed by atoms with van der Waals surface area (Å²) >= 11 is 5.66. The molecule has 1 fully saturated rings. The molecule has 6 heteroatoms. The Bertz CT molecular complexity index is 182. The van der Waals surface area contributed by atoms with Crippen LogP contribution in [0.25, 0.3) is 0 Å². The Hall–Kier alpha value is 0. The van der Waals surface area contributed by atoms with E-state index in [-0.39, 0.29) is 12.1 Å². The highest BCUT2D eigenvalue weighted by Gasteiger charge is 2.40. The van der Waals surface area contributed by atoms with E-state index >= 15 is 0 Å². The Kier molecular flexibility index (Phi) is 4.04. The van der Waals surface area contributed by atoms with E-state index in [0.717, 1.165) is 12.8 Å². The molecule has 1 N–H and O–H groups in total. The third kappa shape index (κ3) is 4.48. The first-order valence-corrected chi connectivity index (χ1v) is 4.96. The highest BCUT2D eigenvalue weighted by atomic mass is 35.5. The molecule has 1 saturated carbocycles. The molecule has 0 heterocycles. The summed E-state index contributed by atoms with van der Waals surface area (Å²) in [5, 5.41) is 3.08. The molecule has 0 aromatic heterocycles. The van der Waals surface area contributed by atoms with Crippen molar-refractivity contribution in [1.29, 1.82) is 0 Å². The van der Waals surface area contributed by atoms with Crippen LogP contribution >= 0.6 is 11.6 Å². The molecular weight excluding hydrogens is 219 g/mol. The van der Waals surface area contributed by atoms with Crippen molar-refractivity contribution >= 4 is 11.6 Å². The van der Waals surface area contributed by atoms with Crippen LogP contribution < -0.4 is 5.32 Å². The van der Waals surface area contributed by atoms with Crippen LogP contribution in [0.3, 0.4) is 0 Å². The van der Waals surface area contributed by atoms with Gasteiger partial charge in [0.1, 0.15) is 6.61 Å². The molecule has 0 amide bonds. The van der Waals surface area contributed by atoms with Crippen molar-refractivity contribution in [3.05, 3.63) is 0 Å². The van der Waals surface area contributed by atoms with Crippen LogP contribution in [0.5, 0.6) is 0 Å². The van der Waals surface area contributed by atoms with Crippen LogP contribution in [0.1, 0.15) is 12.8 Å². The van der Waals surface area contributed by atoms with Crippen molar-refractivity contribution in [2.75, 3.05) is 25.6 Å². The molecule has 0 bridgehead atoms. The minimum atomic E-state index is -4.23. The van der Waals surface area contributed by atoms with E-state index in [0.29, 0.717) is 12.4 Å². The van der Waals surface area contributed by atoms with Crippen LogP contribution in [0.2, 0.25) is 0 Å². The van der Waals surface area contributed by atoms with Gasteiger partial charge in [-0.3, -0.25) is 0 Å². The minimum Gasteiger partial charge on any atom is -0.371 e. The zero-order valence-electron chi connectivity index (χ0n) is 7.66. The van der Waals surface area contributed by atoms with Crippen molar-refractivity contribution < 1.29 is 17.9 Å². The van der Waals surface area contributed by atoms with Gasteiger partial charge < -0.3 is 10.1 Å². The lowest BCUT2D eigenvalue weighted by Crippen LogP contribution is -2.36. The molecule has 0 radical (unpaired) electrons. The quantitative estimate of drug-likeness (QED) is 0.557. The molecule has 0 aliphatic heterocycles. The van der Waals surface area contributed by atoms with Crippen LogP contribution in [0.15, 0.2) is 0 Å². The summed E-state index contributed by atoms with van der Waals surface area (Å²) in [6.07, 6.45) is -2.24. The largest absolute Gasteiger partial charge is 0.411 e. The summed E-state index contributed by atoms with van der Waals surface area (Å²) in [5.41, 5.74) is -0.0247. The molecular formula is C8H13ClF3NO. The Balaban J connectivity index is 1.95. The topological polar surface area (TPSA) is 21.3 Å². The molecule has 0 aromatic rings. The third-order valence-corrected chi connectivity index (χ3v) is 2.63. The molecule has 84 valence electrons. The molecule has 1 aliphatic carbocycles. The summed E-state index contributed by atoms with van der Waals surface area (Å²) in [7, 11) is 0. The van der Waals surface area contributed by atoms with Gasteiger partial charge in [0, 0.05) is 18.0 Å². The Labute approximate surface area is 85.8 Å².